The van der Waals surface area contributed by atoms with E-state index >= 15 is 0 Å². The molecule has 98 valence electrons. The summed E-state index contributed by atoms with van der Waals surface area (Å²) in [5.74, 6) is -0.154. The average Bonchev–Trinajstić information content (AvgIpc) is 2.40. The van der Waals surface area contributed by atoms with Crippen molar-refractivity contribution in [1.82, 2.24) is 5.32 Å². The van der Waals surface area contributed by atoms with Gasteiger partial charge in [-0.2, -0.15) is 0 Å². The molecule has 2 rings (SSSR count). The van der Waals surface area contributed by atoms with Crippen molar-refractivity contribution in [1.29, 1.82) is 0 Å². The lowest BCUT2D eigenvalue weighted by Gasteiger charge is -2.23. The Labute approximate surface area is 106 Å². The van der Waals surface area contributed by atoms with Gasteiger partial charge in [-0.3, -0.25) is 4.79 Å². The summed E-state index contributed by atoms with van der Waals surface area (Å²) < 4.78 is 18.0. The van der Waals surface area contributed by atoms with Gasteiger partial charge in [0.15, 0.2) is 0 Å². The van der Waals surface area contributed by atoms with Crippen LogP contribution in [0.1, 0.15) is 31.4 Å². The monoisotopic (exact) mass is 251 g/mol. The summed E-state index contributed by atoms with van der Waals surface area (Å²) in [5.41, 5.74) is 0.914. The zero-order valence-electron chi connectivity index (χ0n) is 10.5. The fraction of sp³-hybridized carbons (Fsp3) is 0.500. The van der Waals surface area contributed by atoms with E-state index < -0.39 is 0 Å². The summed E-state index contributed by atoms with van der Waals surface area (Å²) in [6.07, 6.45) is 1.56. The highest BCUT2D eigenvalue weighted by atomic mass is 19.1. The molecule has 1 aromatic rings. The van der Waals surface area contributed by atoms with E-state index in [1.807, 2.05) is 6.92 Å². The second-order valence-electron chi connectivity index (χ2n) is 4.67. The van der Waals surface area contributed by atoms with Gasteiger partial charge in [0, 0.05) is 19.1 Å². The maximum Gasteiger partial charge on any atom is 0.223 e. The molecule has 0 bridgehead atoms. The fourth-order valence-electron chi connectivity index (χ4n) is 2.13. The Balaban J connectivity index is 1.91. The van der Waals surface area contributed by atoms with Crippen molar-refractivity contribution in [3.8, 4) is 0 Å². The quantitative estimate of drug-likeness (QED) is 0.896. The van der Waals surface area contributed by atoms with Crippen LogP contribution in [0.2, 0.25) is 0 Å². The van der Waals surface area contributed by atoms with Crippen LogP contribution in [-0.4, -0.2) is 19.1 Å². The van der Waals surface area contributed by atoms with Crippen LogP contribution in [0.5, 0.6) is 0 Å². The number of ether oxygens (including phenoxy) is 1. The minimum absolute atomic E-state index is 0.0432. The van der Waals surface area contributed by atoms with Crippen molar-refractivity contribution in [2.24, 2.45) is 5.92 Å². The first-order chi connectivity index (χ1) is 8.66. The molecule has 1 aromatic carbocycles. The zero-order chi connectivity index (χ0) is 13.0. The van der Waals surface area contributed by atoms with Crippen LogP contribution in [0.3, 0.4) is 0 Å². The summed E-state index contributed by atoms with van der Waals surface area (Å²) in [5, 5.41) is 2.97. The molecular weight excluding hydrogens is 233 g/mol. The van der Waals surface area contributed by atoms with E-state index in [-0.39, 0.29) is 23.7 Å². The number of halogens is 1. The Kier molecular flexibility index (Phi) is 4.31. The fourth-order valence-corrected chi connectivity index (χ4v) is 2.13. The molecule has 1 atom stereocenters. The number of carbonyl (C=O) groups excluding carboxylic acids is 1. The molecule has 3 nitrogen and oxygen atoms in total. The standard InChI is InChI=1S/C14H18FNO2/c1-10(11-2-4-13(15)5-3-11)16-14(17)12-6-8-18-9-7-12/h2-5,10,12H,6-9H2,1H3,(H,16,17)/t10-/m1/s1. The van der Waals surface area contributed by atoms with Crippen LogP contribution in [0.25, 0.3) is 0 Å². The first-order valence-corrected chi connectivity index (χ1v) is 6.30. The number of carbonyl (C=O) groups is 1. The predicted molar refractivity (Wildman–Crippen MR) is 66.5 cm³/mol. The minimum atomic E-state index is -0.262. The third-order valence-electron chi connectivity index (χ3n) is 3.32. The lowest BCUT2D eigenvalue weighted by molar-refractivity contribution is -0.128. The molecule has 0 spiro atoms. The Morgan fingerprint density at radius 2 is 1.94 bits per heavy atom. The molecule has 1 heterocycles. The molecule has 4 heteroatoms. The van der Waals surface area contributed by atoms with Crippen molar-refractivity contribution in [2.75, 3.05) is 13.2 Å². The second-order valence-corrected chi connectivity index (χ2v) is 4.67. The molecule has 1 N–H and O–H groups in total. The van der Waals surface area contributed by atoms with Crippen LogP contribution < -0.4 is 5.32 Å². The van der Waals surface area contributed by atoms with Crippen LogP contribution >= 0.6 is 0 Å². The maximum absolute atomic E-state index is 12.8. The van der Waals surface area contributed by atoms with Gasteiger partial charge in [-0.1, -0.05) is 12.1 Å². The van der Waals surface area contributed by atoms with Crippen LogP contribution in [-0.2, 0) is 9.53 Å². The van der Waals surface area contributed by atoms with Gasteiger partial charge in [-0.15, -0.1) is 0 Å². The van der Waals surface area contributed by atoms with Gasteiger partial charge >= 0.3 is 0 Å². The van der Waals surface area contributed by atoms with E-state index in [4.69, 9.17) is 4.74 Å². The van der Waals surface area contributed by atoms with Crippen molar-refractivity contribution < 1.29 is 13.9 Å². The van der Waals surface area contributed by atoms with Crippen molar-refractivity contribution in [3.05, 3.63) is 35.6 Å². The number of rotatable bonds is 3. The Bertz CT molecular complexity index is 399. The van der Waals surface area contributed by atoms with E-state index in [0.717, 1.165) is 18.4 Å². The molecule has 0 aliphatic carbocycles. The van der Waals surface area contributed by atoms with E-state index in [1.165, 1.54) is 12.1 Å². The maximum atomic E-state index is 12.8. The summed E-state index contributed by atoms with van der Waals surface area (Å²) in [7, 11) is 0. The van der Waals surface area contributed by atoms with E-state index in [1.54, 1.807) is 12.1 Å². The van der Waals surface area contributed by atoms with Gasteiger partial charge in [-0.05, 0) is 37.5 Å². The molecule has 0 radical (unpaired) electrons. The first kappa shape index (κ1) is 13.0. The molecule has 1 fully saturated rings. The lowest BCUT2D eigenvalue weighted by Crippen LogP contribution is -2.35. The molecular formula is C14H18FNO2. The molecule has 0 unspecified atom stereocenters. The van der Waals surface area contributed by atoms with Gasteiger partial charge in [0.25, 0.3) is 0 Å². The van der Waals surface area contributed by atoms with Gasteiger partial charge < -0.3 is 10.1 Å². The number of nitrogens with one attached hydrogen (secondary N) is 1. The number of hydrogen-bond acceptors (Lipinski definition) is 2. The van der Waals surface area contributed by atoms with Gasteiger partial charge in [0.2, 0.25) is 5.91 Å². The average molecular weight is 251 g/mol. The number of hydrogen-bond donors (Lipinski definition) is 1. The summed E-state index contributed by atoms with van der Waals surface area (Å²) in [6, 6.07) is 6.12. The second kappa shape index (κ2) is 5.96. The Morgan fingerprint density at radius 3 is 2.56 bits per heavy atom. The highest BCUT2D eigenvalue weighted by molar-refractivity contribution is 5.79. The smallest absolute Gasteiger partial charge is 0.223 e. The van der Waals surface area contributed by atoms with Crippen LogP contribution in [0.15, 0.2) is 24.3 Å². The van der Waals surface area contributed by atoms with Crippen molar-refractivity contribution in [3.63, 3.8) is 0 Å². The van der Waals surface area contributed by atoms with Gasteiger partial charge in [0.05, 0.1) is 6.04 Å². The number of amides is 1. The summed E-state index contributed by atoms with van der Waals surface area (Å²) in [4.78, 5) is 12.0. The predicted octanol–water partition coefficient (Wildman–Crippen LogP) is 2.43. The van der Waals surface area contributed by atoms with Gasteiger partial charge in [0.1, 0.15) is 5.82 Å². The molecule has 1 amide bonds. The highest BCUT2D eigenvalue weighted by Gasteiger charge is 2.22. The Hall–Kier alpha value is -1.42. The van der Waals surface area contributed by atoms with Crippen molar-refractivity contribution >= 4 is 5.91 Å². The summed E-state index contributed by atoms with van der Waals surface area (Å²) in [6.45, 7) is 3.22. The topological polar surface area (TPSA) is 38.3 Å². The normalized spacial score (nSPS) is 18.3. The minimum Gasteiger partial charge on any atom is -0.381 e. The highest BCUT2D eigenvalue weighted by Crippen LogP contribution is 2.18. The van der Waals surface area contributed by atoms with E-state index in [0.29, 0.717) is 13.2 Å². The number of benzene rings is 1. The molecule has 1 aliphatic heterocycles. The summed E-state index contributed by atoms with van der Waals surface area (Å²) >= 11 is 0. The molecule has 0 aromatic heterocycles. The van der Waals surface area contributed by atoms with Gasteiger partial charge in [-0.25, -0.2) is 4.39 Å². The SMILES string of the molecule is C[C@@H](NC(=O)C1CCOCC1)c1ccc(F)cc1. The van der Waals surface area contributed by atoms with E-state index in [9.17, 15) is 9.18 Å². The third kappa shape index (κ3) is 3.29. The molecule has 1 saturated heterocycles. The third-order valence-corrected chi connectivity index (χ3v) is 3.32. The molecule has 1 aliphatic rings. The zero-order valence-corrected chi connectivity index (χ0v) is 10.5. The molecule has 18 heavy (non-hydrogen) atoms. The lowest BCUT2D eigenvalue weighted by atomic mass is 9.98. The molecule has 0 saturated carbocycles. The first-order valence-electron chi connectivity index (χ1n) is 6.30. The van der Waals surface area contributed by atoms with E-state index in [2.05, 4.69) is 5.32 Å². The van der Waals surface area contributed by atoms with Crippen LogP contribution in [0.4, 0.5) is 4.39 Å². The van der Waals surface area contributed by atoms with Crippen LogP contribution in [0, 0.1) is 11.7 Å². The van der Waals surface area contributed by atoms with Crippen molar-refractivity contribution in [2.45, 2.75) is 25.8 Å². The Morgan fingerprint density at radius 1 is 1.33 bits per heavy atom. The largest absolute Gasteiger partial charge is 0.381 e.